The third kappa shape index (κ3) is 4.36. The Morgan fingerprint density at radius 2 is 1.80 bits per heavy atom. The van der Waals surface area contributed by atoms with E-state index in [1.807, 2.05) is 0 Å². The topological polar surface area (TPSA) is 37.3 Å². The highest BCUT2D eigenvalue weighted by Crippen LogP contribution is 2.42. The fourth-order valence-electron chi connectivity index (χ4n) is 3.13. The monoisotopic (exact) mass is 274 g/mol. The SMILES string of the molecule is CC1(C)CCC(c2ccc(CCCC(=O)O)cc2)CC1. The van der Waals surface area contributed by atoms with Gasteiger partial charge in [-0.2, -0.15) is 0 Å². The number of hydrogen-bond acceptors (Lipinski definition) is 1. The first kappa shape index (κ1) is 15.1. The van der Waals surface area contributed by atoms with Gasteiger partial charge in [0.2, 0.25) is 0 Å². The lowest BCUT2D eigenvalue weighted by Crippen LogP contribution is -2.20. The predicted octanol–water partition coefficient (Wildman–Crippen LogP) is 4.78. The molecule has 1 fully saturated rings. The van der Waals surface area contributed by atoms with Crippen LogP contribution in [-0.4, -0.2) is 11.1 Å². The highest BCUT2D eigenvalue weighted by Gasteiger charge is 2.27. The highest BCUT2D eigenvalue weighted by atomic mass is 16.4. The summed E-state index contributed by atoms with van der Waals surface area (Å²) in [5.74, 6) is 0.0162. The summed E-state index contributed by atoms with van der Waals surface area (Å²) >= 11 is 0. The molecule has 0 unspecified atom stereocenters. The number of carbonyl (C=O) groups is 1. The fourth-order valence-corrected chi connectivity index (χ4v) is 3.13. The fraction of sp³-hybridized carbons (Fsp3) is 0.611. The van der Waals surface area contributed by atoms with Gasteiger partial charge in [0.15, 0.2) is 0 Å². The molecule has 0 aliphatic heterocycles. The van der Waals surface area contributed by atoms with Crippen molar-refractivity contribution in [2.24, 2.45) is 5.41 Å². The Morgan fingerprint density at radius 1 is 1.20 bits per heavy atom. The molecule has 1 aliphatic carbocycles. The van der Waals surface area contributed by atoms with Crippen LogP contribution in [0.2, 0.25) is 0 Å². The molecule has 1 aromatic rings. The Morgan fingerprint density at radius 3 is 2.35 bits per heavy atom. The highest BCUT2D eigenvalue weighted by molar-refractivity contribution is 5.66. The molecule has 1 aromatic carbocycles. The summed E-state index contributed by atoms with van der Waals surface area (Å²) in [7, 11) is 0. The van der Waals surface area contributed by atoms with Gasteiger partial charge in [-0.05, 0) is 61.0 Å². The van der Waals surface area contributed by atoms with Gasteiger partial charge in [0.1, 0.15) is 0 Å². The zero-order valence-corrected chi connectivity index (χ0v) is 12.7. The summed E-state index contributed by atoms with van der Waals surface area (Å²) in [5.41, 5.74) is 3.24. The molecule has 20 heavy (non-hydrogen) atoms. The second-order valence-electron chi connectivity index (χ2n) is 6.93. The molecule has 0 radical (unpaired) electrons. The number of rotatable bonds is 5. The Labute approximate surface area is 122 Å². The van der Waals surface area contributed by atoms with E-state index >= 15 is 0 Å². The van der Waals surface area contributed by atoms with E-state index in [0.717, 1.165) is 18.8 Å². The first-order valence-corrected chi connectivity index (χ1v) is 7.77. The molecule has 110 valence electrons. The molecule has 0 saturated heterocycles. The second-order valence-corrected chi connectivity index (χ2v) is 6.93. The van der Waals surface area contributed by atoms with E-state index in [9.17, 15) is 4.79 Å². The first-order valence-electron chi connectivity index (χ1n) is 7.77. The van der Waals surface area contributed by atoms with Crippen molar-refractivity contribution in [3.05, 3.63) is 35.4 Å². The molecular weight excluding hydrogens is 248 g/mol. The van der Waals surface area contributed by atoms with Crippen molar-refractivity contribution in [3.8, 4) is 0 Å². The van der Waals surface area contributed by atoms with Crippen LogP contribution in [0.25, 0.3) is 0 Å². The van der Waals surface area contributed by atoms with Gasteiger partial charge in [0.25, 0.3) is 0 Å². The zero-order chi connectivity index (χ0) is 14.6. The Hall–Kier alpha value is -1.31. The van der Waals surface area contributed by atoms with Crippen LogP contribution in [0.5, 0.6) is 0 Å². The summed E-state index contributed by atoms with van der Waals surface area (Å²) in [4.78, 5) is 10.5. The molecule has 2 heteroatoms. The molecule has 1 saturated carbocycles. The number of carboxylic acids is 1. The summed E-state index contributed by atoms with van der Waals surface area (Å²) in [5, 5.41) is 8.65. The van der Waals surface area contributed by atoms with Crippen molar-refractivity contribution in [1.82, 2.24) is 0 Å². The minimum Gasteiger partial charge on any atom is -0.481 e. The number of aryl methyl sites for hydroxylation is 1. The quantitative estimate of drug-likeness (QED) is 0.839. The zero-order valence-electron chi connectivity index (χ0n) is 12.7. The predicted molar refractivity (Wildman–Crippen MR) is 82.0 cm³/mol. The summed E-state index contributed by atoms with van der Waals surface area (Å²) in [6, 6.07) is 8.85. The second kappa shape index (κ2) is 6.43. The van der Waals surface area contributed by atoms with E-state index in [2.05, 4.69) is 38.1 Å². The maximum Gasteiger partial charge on any atom is 0.303 e. The number of carboxylic acid groups (broad SMARTS) is 1. The van der Waals surface area contributed by atoms with Crippen LogP contribution >= 0.6 is 0 Å². The molecule has 2 nitrogen and oxygen atoms in total. The van der Waals surface area contributed by atoms with Gasteiger partial charge in [-0.15, -0.1) is 0 Å². The van der Waals surface area contributed by atoms with Gasteiger partial charge in [-0.3, -0.25) is 4.79 Å². The molecule has 0 aromatic heterocycles. The smallest absolute Gasteiger partial charge is 0.303 e. The van der Waals surface area contributed by atoms with Gasteiger partial charge in [-0.25, -0.2) is 0 Å². The molecule has 0 atom stereocenters. The van der Waals surface area contributed by atoms with Crippen molar-refractivity contribution in [3.63, 3.8) is 0 Å². The molecule has 1 aliphatic rings. The lowest BCUT2D eigenvalue weighted by Gasteiger charge is -2.34. The third-order valence-corrected chi connectivity index (χ3v) is 4.65. The Balaban J connectivity index is 1.87. The number of aliphatic carboxylic acids is 1. The molecular formula is C18H26O2. The minimum absolute atomic E-state index is 0.263. The minimum atomic E-state index is -0.702. The average molecular weight is 274 g/mol. The van der Waals surface area contributed by atoms with Crippen molar-refractivity contribution in [2.75, 3.05) is 0 Å². The van der Waals surface area contributed by atoms with E-state index in [4.69, 9.17) is 5.11 Å². The van der Waals surface area contributed by atoms with Crippen LogP contribution in [0.3, 0.4) is 0 Å². The van der Waals surface area contributed by atoms with Crippen molar-refractivity contribution < 1.29 is 9.90 Å². The van der Waals surface area contributed by atoms with Crippen molar-refractivity contribution in [1.29, 1.82) is 0 Å². The standard InChI is InChI=1S/C18H26O2/c1-18(2)12-10-16(11-13-18)15-8-6-14(7-9-15)4-3-5-17(19)20/h6-9,16H,3-5,10-13H2,1-2H3,(H,19,20). The van der Waals surface area contributed by atoms with Crippen LogP contribution in [0.4, 0.5) is 0 Å². The van der Waals surface area contributed by atoms with Gasteiger partial charge in [0.05, 0.1) is 0 Å². The summed E-state index contributed by atoms with van der Waals surface area (Å²) < 4.78 is 0. The van der Waals surface area contributed by atoms with E-state index < -0.39 is 5.97 Å². The first-order chi connectivity index (χ1) is 9.46. The molecule has 0 spiro atoms. The number of hydrogen-bond donors (Lipinski definition) is 1. The van der Waals surface area contributed by atoms with Gasteiger partial charge in [-0.1, -0.05) is 38.1 Å². The van der Waals surface area contributed by atoms with Gasteiger partial charge in [0, 0.05) is 6.42 Å². The molecule has 1 N–H and O–H groups in total. The summed E-state index contributed by atoms with van der Waals surface area (Å²) in [6.07, 6.45) is 7.09. The lowest BCUT2D eigenvalue weighted by molar-refractivity contribution is -0.137. The van der Waals surface area contributed by atoms with E-state index in [1.165, 1.54) is 36.8 Å². The van der Waals surface area contributed by atoms with Crippen LogP contribution in [-0.2, 0) is 11.2 Å². The van der Waals surface area contributed by atoms with Crippen molar-refractivity contribution >= 4 is 5.97 Å². The van der Waals surface area contributed by atoms with Crippen LogP contribution in [0.1, 0.15) is 69.4 Å². The normalized spacial score (nSPS) is 18.9. The van der Waals surface area contributed by atoms with Crippen LogP contribution in [0, 0.1) is 5.41 Å². The van der Waals surface area contributed by atoms with Crippen LogP contribution in [0.15, 0.2) is 24.3 Å². The molecule has 0 amide bonds. The van der Waals surface area contributed by atoms with E-state index in [-0.39, 0.29) is 6.42 Å². The maximum atomic E-state index is 10.5. The third-order valence-electron chi connectivity index (χ3n) is 4.65. The Bertz CT molecular complexity index is 435. The van der Waals surface area contributed by atoms with Crippen LogP contribution < -0.4 is 0 Å². The average Bonchev–Trinajstić information content (AvgIpc) is 2.39. The van der Waals surface area contributed by atoms with E-state index in [0.29, 0.717) is 5.41 Å². The van der Waals surface area contributed by atoms with Gasteiger partial charge < -0.3 is 5.11 Å². The summed E-state index contributed by atoms with van der Waals surface area (Å²) in [6.45, 7) is 4.74. The lowest BCUT2D eigenvalue weighted by atomic mass is 9.71. The van der Waals surface area contributed by atoms with E-state index in [1.54, 1.807) is 0 Å². The largest absolute Gasteiger partial charge is 0.481 e. The molecule has 0 bridgehead atoms. The molecule has 0 heterocycles. The maximum absolute atomic E-state index is 10.5. The molecule has 2 rings (SSSR count). The van der Waals surface area contributed by atoms with Crippen molar-refractivity contribution in [2.45, 2.75) is 64.7 Å². The number of benzene rings is 1. The Kier molecular flexibility index (Phi) is 4.85. The van der Waals surface area contributed by atoms with Gasteiger partial charge >= 0.3 is 5.97 Å².